The number of hydrogen-bond donors (Lipinski definition) is 2. The highest BCUT2D eigenvalue weighted by Crippen LogP contribution is 2.36. The molecule has 0 aromatic carbocycles. The summed E-state index contributed by atoms with van der Waals surface area (Å²) >= 11 is 0. The van der Waals surface area contributed by atoms with Crippen molar-refractivity contribution in [2.24, 2.45) is 0 Å². The van der Waals surface area contributed by atoms with Gasteiger partial charge in [0, 0.05) is 0 Å². The summed E-state index contributed by atoms with van der Waals surface area (Å²) in [5, 5.41) is 0. The third kappa shape index (κ3) is 2.48. The SMILES string of the molecule is CC1CN(CP(=O)(O)O)C(=O)O1. The van der Waals surface area contributed by atoms with E-state index in [4.69, 9.17) is 9.79 Å². The number of rotatable bonds is 2. The van der Waals surface area contributed by atoms with E-state index < -0.39 is 20.0 Å². The first-order valence-electron chi connectivity index (χ1n) is 3.38. The lowest BCUT2D eigenvalue weighted by Crippen LogP contribution is -2.25. The van der Waals surface area contributed by atoms with E-state index in [0.717, 1.165) is 4.90 Å². The number of nitrogens with zero attached hydrogens (tertiary/aromatic N) is 1. The van der Waals surface area contributed by atoms with Crippen LogP contribution >= 0.6 is 7.60 Å². The van der Waals surface area contributed by atoms with Crippen LogP contribution in [0.1, 0.15) is 6.92 Å². The fourth-order valence-electron chi connectivity index (χ4n) is 1.01. The highest BCUT2D eigenvalue weighted by atomic mass is 31.2. The minimum atomic E-state index is -4.15. The quantitative estimate of drug-likeness (QED) is 0.604. The molecule has 0 aliphatic carbocycles. The van der Waals surface area contributed by atoms with Gasteiger partial charge in [-0.3, -0.25) is 9.46 Å². The van der Waals surface area contributed by atoms with Crippen LogP contribution in [-0.4, -0.2) is 39.7 Å². The molecule has 6 nitrogen and oxygen atoms in total. The topological polar surface area (TPSA) is 87.1 Å². The average Bonchev–Trinajstić information content (AvgIpc) is 2.06. The van der Waals surface area contributed by atoms with E-state index >= 15 is 0 Å². The Morgan fingerprint density at radius 3 is 2.67 bits per heavy atom. The first-order valence-corrected chi connectivity index (χ1v) is 5.18. The lowest BCUT2D eigenvalue weighted by Gasteiger charge is -2.12. The van der Waals surface area contributed by atoms with Crippen molar-refractivity contribution in [1.29, 1.82) is 0 Å². The van der Waals surface area contributed by atoms with Crippen LogP contribution in [-0.2, 0) is 9.30 Å². The molecule has 2 N–H and O–H groups in total. The summed E-state index contributed by atoms with van der Waals surface area (Å²) in [5.41, 5.74) is 0. The maximum Gasteiger partial charge on any atom is 0.410 e. The van der Waals surface area contributed by atoms with Crippen molar-refractivity contribution in [1.82, 2.24) is 4.90 Å². The van der Waals surface area contributed by atoms with Gasteiger partial charge >= 0.3 is 13.7 Å². The number of ether oxygens (including phenoxy) is 1. The number of hydrogen-bond acceptors (Lipinski definition) is 3. The Hall–Kier alpha value is -0.580. The van der Waals surface area contributed by atoms with Gasteiger partial charge in [-0.1, -0.05) is 0 Å². The Labute approximate surface area is 69.3 Å². The third-order valence-electron chi connectivity index (χ3n) is 1.39. The van der Waals surface area contributed by atoms with Crippen molar-refractivity contribution < 1.29 is 23.9 Å². The molecule has 0 saturated carbocycles. The maximum atomic E-state index is 10.8. The zero-order valence-electron chi connectivity index (χ0n) is 6.51. The summed E-state index contributed by atoms with van der Waals surface area (Å²) in [4.78, 5) is 28.9. The highest BCUT2D eigenvalue weighted by Gasteiger charge is 2.32. The molecule has 1 heterocycles. The second kappa shape index (κ2) is 3.05. The molecule has 1 unspecified atom stereocenters. The fourth-order valence-corrected chi connectivity index (χ4v) is 1.68. The molecule has 1 aliphatic heterocycles. The highest BCUT2D eigenvalue weighted by molar-refractivity contribution is 7.51. The first-order chi connectivity index (χ1) is 5.38. The summed E-state index contributed by atoms with van der Waals surface area (Å²) < 4.78 is 15.1. The van der Waals surface area contributed by atoms with Crippen molar-refractivity contribution in [3.8, 4) is 0 Å². The molecule has 0 bridgehead atoms. The van der Waals surface area contributed by atoms with E-state index in [1.165, 1.54) is 0 Å². The molecular weight excluding hydrogens is 185 g/mol. The van der Waals surface area contributed by atoms with Gasteiger partial charge in [0.05, 0.1) is 6.54 Å². The Balaban J connectivity index is 2.55. The van der Waals surface area contributed by atoms with Gasteiger partial charge in [0.25, 0.3) is 0 Å². The molecule has 70 valence electrons. The maximum absolute atomic E-state index is 10.8. The summed E-state index contributed by atoms with van der Waals surface area (Å²) in [5.74, 6) is 0. The van der Waals surface area contributed by atoms with Crippen LogP contribution in [0.3, 0.4) is 0 Å². The fraction of sp³-hybridized carbons (Fsp3) is 0.800. The van der Waals surface area contributed by atoms with Gasteiger partial charge in [-0.25, -0.2) is 4.79 Å². The van der Waals surface area contributed by atoms with Gasteiger partial charge in [0.1, 0.15) is 12.4 Å². The van der Waals surface area contributed by atoms with Crippen molar-refractivity contribution in [2.75, 3.05) is 12.8 Å². The zero-order valence-corrected chi connectivity index (χ0v) is 7.40. The summed E-state index contributed by atoms with van der Waals surface area (Å²) in [6.07, 6.45) is -1.51. The van der Waals surface area contributed by atoms with Gasteiger partial charge in [-0.15, -0.1) is 0 Å². The second-order valence-corrected chi connectivity index (χ2v) is 4.34. The van der Waals surface area contributed by atoms with E-state index in [2.05, 4.69) is 4.74 Å². The van der Waals surface area contributed by atoms with Crippen LogP contribution in [0.4, 0.5) is 4.79 Å². The summed E-state index contributed by atoms with van der Waals surface area (Å²) in [6, 6.07) is 0. The monoisotopic (exact) mass is 195 g/mol. The van der Waals surface area contributed by atoms with Crippen molar-refractivity contribution in [3.05, 3.63) is 0 Å². The van der Waals surface area contributed by atoms with E-state index in [9.17, 15) is 9.36 Å². The predicted molar refractivity (Wildman–Crippen MR) is 39.6 cm³/mol. The molecule has 0 spiro atoms. The molecule has 1 fully saturated rings. The smallest absolute Gasteiger partial charge is 0.410 e. The Morgan fingerprint density at radius 2 is 2.33 bits per heavy atom. The van der Waals surface area contributed by atoms with Gasteiger partial charge < -0.3 is 14.5 Å². The van der Waals surface area contributed by atoms with Crippen LogP contribution in [0.15, 0.2) is 0 Å². The molecule has 0 aromatic rings. The standard InChI is InChI=1S/C5H10NO5P/c1-4-2-6(5(7)11-4)3-12(8,9)10/h4H,2-3H2,1H3,(H2,8,9,10). The first kappa shape index (κ1) is 9.51. The predicted octanol–water partition coefficient (Wildman–Crippen LogP) is -0.0377. The molecule has 1 saturated heterocycles. The second-order valence-electron chi connectivity index (χ2n) is 2.72. The normalized spacial score (nSPS) is 24.4. The third-order valence-corrected chi connectivity index (χ3v) is 2.10. The van der Waals surface area contributed by atoms with E-state index in [0.29, 0.717) is 0 Å². The molecule has 0 radical (unpaired) electrons. The number of carbonyl (C=O) groups is 1. The Morgan fingerprint density at radius 1 is 1.75 bits per heavy atom. The Bertz CT molecular complexity index is 236. The van der Waals surface area contributed by atoms with Gasteiger partial charge in [0.2, 0.25) is 0 Å². The summed E-state index contributed by atoms with van der Waals surface area (Å²) in [7, 11) is -4.15. The summed E-state index contributed by atoms with van der Waals surface area (Å²) in [6.45, 7) is 1.90. The molecule has 7 heteroatoms. The van der Waals surface area contributed by atoms with Crippen molar-refractivity contribution in [3.63, 3.8) is 0 Å². The largest absolute Gasteiger partial charge is 0.444 e. The van der Waals surface area contributed by atoms with Gasteiger partial charge in [0.15, 0.2) is 0 Å². The minimum absolute atomic E-state index is 0.240. The zero-order chi connectivity index (χ0) is 9.35. The molecular formula is C5H10NO5P. The van der Waals surface area contributed by atoms with Crippen LogP contribution in [0.2, 0.25) is 0 Å². The van der Waals surface area contributed by atoms with Gasteiger partial charge in [-0.05, 0) is 6.92 Å². The lowest BCUT2D eigenvalue weighted by molar-refractivity contribution is 0.139. The average molecular weight is 195 g/mol. The molecule has 1 rings (SSSR count). The molecule has 1 aliphatic rings. The molecule has 12 heavy (non-hydrogen) atoms. The van der Waals surface area contributed by atoms with E-state index in [1.807, 2.05) is 0 Å². The molecule has 0 aromatic heterocycles. The van der Waals surface area contributed by atoms with Crippen LogP contribution in [0.25, 0.3) is 0 Å². The number of amides is 1. The van der Waals surface area contributed by atoms with Crippen LogP contribution in [0.5, 0.6) is 0 Å². The molecule has 1 amide bonds. The molecule has 1 atom stereocenters. The Kier molecular flexibility index (Phi) is 2.41. The number of cyclic esters (lactones) is 1. The van der Waals surface area contributed by atoms with E-state index in [-0.39, 0.29) is 12.6 Å². The van der Waals surface area contributed by atoms with Crippen molar-refractivity contribution in [2.45, 2.75) is 13.0 Å². The van der Waals surface area contributed by atoms with E-state index in [1.54, 1.807) is 6.92 Å². The lowest BCUT2D eigenvalue weighted by atomic mass is 10.4. The van der Waals surface area contributed by atoms with Crippen LogP contribution in [0, 0.1) is 0 Å². The van der Waals surface area contributed by atoms with Gasteiger partial charge in [-0.2, -0.15) is 0 Å². The van der Waals surface area contributed by atoms with Crippen molar-refractivity contribution >= 4 is 13.7 Å². The minimum Gasteiger partial charge on any atom is -0.444 e. The number of carbonyl (C=O) groups excluding carboxylic acids is 1. The van der Waals surface area contributed by atoms with Crippen LogP contribution < -0.4 is 0 Å².